The van der Waals surface area contributed by atoms with Crippen LogP contribution in [0.1, 0.15) is 27.2 Å². The van der Waals surface area contributed by atoms with Crippen molar-refractivity contribution in [3.8, 4) is 11.6 Å². The van der Waals surface area contributed by atoms with Gasteiger partial charge >= 0.3 is 5.97 Å². The second-order valence-electron chi connectivity index (χ2n) is 7.99. The van der Waals surface area contributed by atoms with Crippen molar-refractivity contribution in [2.45, 2.75) is 30.6 Å². The fourth-order valence-corrected chi connectivity index (χ4v) is 5.26. The zero-order chi connectivity index (χ0) is 25.3. The summed E-state index contributed by atoms with van der Waals surface area (Å²) in [5.41, 5.74) is 2.31. The van der Waals surface area contributed by atoms with E-state index in [1.54, 1.807) is 42.5 Å². The molecule has 0 radical (unpaired) electrons. The van der Waals surface area contributed by atoms with Crippen molar-refractivity contribution in [1.82, 2.24) is 9.78 Å². The molecule has 0 N–H and O–H groups in total. The summed E-state index contributed by atoms with van der Waals surface area (Å²) < 4.78 is 34.2. The Morgan fingerprint density at radius 1 is 0.943 bits per heavy atom. The van der Waals surface area contributed by atoms with Gasteiger partial charge in [0.1, 0.15) is 0 Å². The van der Waals surface area contributed by atoms with Gasteiger partial charge in [0, 0.05) is 12.1 Å². The molecule has 1 heterocycles. The molecule has 1 aromatic heterocycles. The Morgan fingerprint density at radius 2 is 1.54 bits per heavy atom. The van der Waals surface area contributed by atoms with Crippen molar-refractivity contribution in [2.24, 2.45) is 0 Å². The number of non-ortho nitro benzene ring substituents is 1. The summed E-state index contributed by atoms with van der Waals surface area (Å²) in [4.78, 5) is 23.0. The molecule has 9 nitrogen and oxygen atoms in total. The minimum absolute atomic E-state index is 0.107. The highest BCUT2D eigenvalue weighted by Crippen LogP contribution is 2.35. The summed E-state index contributed by atoms with van der Waals surface area (Å²) in [6, 6.07) is 18.4. The van der Waals surface area contributed by atoms with Gasteiger partial charge in [-0.3, -0.25) is 10.1 Å². The molecular weight excluding hydrogens is 470 g/mol. The van der Waals surface area contributed by atoms with Gasteiger partial charge in [-0.15, -0.1) is 0 Å². The van der Waals surface area contributed by atoms with E-state index in [1.165, 1.54) is 11.6 Å². The van der Waals surface area contributed by atoms with E-state index >= 15 is 0 Å². The Hall–Kier alpha value is -4.31. The molecule has 0 amide bonds. The number of esters is 1. The summed E-state index contributed by atoms with van der Waals surface area (Å²) in [5, 5.41) is 15.3. The molecule has 10 heteroatoms. The number of ether oxygens (including phenoxy) is 1. The number of nitro benzene ring substituents is 1. The van der Waals surface area contributed by atoms with Crippen molar-refractivity contribution in [3.05, 3.63) is 105 Å². The van der Waals surface area contributed by atoms with E-state index in [0.29, 0.717) is 5.69 Å². The fraction of sp³-hybridized carbons (Fsp3) is 0.120. The lowest BCUT2D eigenvalue weighted by Crippen LogP contribution is -2.15. The largest absolute Gasteiger partial charge is 0.402 e. The molecule has 3 aromatic carbocycles. The average Bonchev–Trinajstić information content (AvgIpc) is 3.15. The zero-order valence-electron chi connectivity index (χ0n) is 19.1. The molecule has 0 saturated heterocycles. The van der Waals surface area contributed by atoms with Gasteiger partial charge in [-0.05, 0) is 57.2 Å². The van der Waals surface area contributed by atoms with Crippen LogP contribution in [-0.2, 0) is 9.84 Å². The number of carbonyl (C=O) groups is 1. The lowest BCUT2D eigenvalue weighted by atomic mass is 10.1. The van der Waals surface area contributed by atoms with Crippen molar-refractivity contribution in [2.75, 3.05) is 0 Å². The van der Waals surface area contributed by atoms with Gasteiger partial charge in [0.05, 0.1) is 26.8 Å². The second kappa shape index (κ2) is 9.15. The van der Waals surface area contributed by atoms with Crippen LogP contribution in [0.3, 0.4) is 0 Å². The Bertz CT molecular complexity index is 1520. The van der Waals surface area contributed by atoms with Crippen LogP contribution >= 0.6 is 0 Å². The molecule has 0 saturated carbocycles. The molecule has 0 fully saturated rings. The first kappa shape index (κ1) is 23.8. The van der Waals surface area contributed by atoms with Crippen LogP contribution in [0.4, 0.5) is 5.69 Å². The number of para-hydroxylation sites is 1. The molecule has 0 unspecified atom stereocenters. The number of benzene rings is 3. The third-order valence-corrected chi connectivity index (χ3v) is 7.14. The summed E-state index contributed by atoms with van der Waals surface area (Å²) >= 11 is 0. The SMILES string of the molecule is Cc1cc(C)cc(C(=O)Oc2c(S(=O)(=O)c3ccc([N+](=O)[O-])cc3)c(C)nn2-c2ccccc2)c1. The number of hydrogen-bond acceptors (Lipinski definition) is 7. The molecule has 178 valence electrons. The molecule has 0 aliphatic rings. The predicted octanol–water partition coefficient (Wildman–Crippen LogP) is 4.76. The number of nitrogens with zero attached hydrogens (tertiary/aromatic N) is 3. The summed E-state index contributed by atoms with van der Waals surface area (Å²) in [7, 11) is -4.26. The highest BCUT2D eigenvalue weighted by Gasteiger charge is 2.32. The third kappa shape index (κ3) is 4.69. The summed E-state index contributed by atoms with van der Waals surface area (Å²) in [6.07, 6.45) is 0. The molecule has 4 aromatic rings. The highest BCUT2D eigenvalue weighted by molar-refractivity contribution is 7.91. The number of nitro groups is 1. The number of hydrogen-bond donors (Lipinski definition) is 0. The van der Waals surface area contributed by atoms with E-state index in [9.17, 15) is 23.3 Å². The quantitative estimate of drug-likeness (QED) is 0.217. The van der Waals surface area contributed by atoms with Gasteiger partial charge in [0.2, 0.25) is 15.7 Å². The summed E-state index contributed by atoms with van der Waals surface area (Å²) in [6.45, 7) is 5.17. The number of aromatic nitrogens is 2. The molecule has 0 spiro atoms. The van der Waals surface area contributed by atoms with E-state index in [4.69, 9.17) is 4.74 Å². The average molecular weight is 492 g/mol. The van der Waals surface area contributed by atoms with Crippen LogP contribution in [0.25, 0.3) is 5.69 Å². The van der Waals surface area contributed by atoms with Crippen molar-refractivity contribution in [1.29, 1.82) is 0 Å². The number of carbonyl (C=O) groups excluding carboxylic acids is 1. The van der Waals surface area contributed by atoms with Gasteiger partial charge in [-0.25, -0.2) is 13.2 Å². The minimum Gasteiger partial charge on any atom is -0.402 e. The Labute approximate surface area is 201 Å². The molecule has 0 aliphatic heterocycles. The zero-order valence-corrected chi connectivity index (χ0v) is 19.9. The topological polar surface area (TPSA) is 121 Å². The van der Waals surface area contributed by atoms with Gasteiger partial charge in [0.15, 0.2) is 4.90 Å². The van der Waals surface area contributed by atoms with E-state index in [2.05, 4.69) is 5.10 Å². The Balaban J connectivity index is 1.88. The first-order chi connectivity index (χ1) is 16.6. The maximum atomic E-state index is 13.6. The van der Waals surface area contributed by atoms with Gasteiger partial charge in [-0.1, -0.05) is 35.4 Å². The van der Waals surface area contributed by atoms with Crippen molar-refractivity contribution >= 4 is 21.5 Å². The number of aryl methyl sites for hydroxylation is 3. The van der Waals surface area contributed by atoms with E-state index in [-0.39, 0.29) is 32.6 Å². The monoisotopic (exact) mass is 491 g/mol. The Kier molecular flexibility index (Phi) is 6.23. The molecule has 0 bridgehead atoms. The molecule has 4 rings (SSSR count). The number of rotatable bonds is 6. The van der Waals surface area contributed by atoms with E-state index in [1.807, 2.05) is 19.9 Å². The standard InChI is InChI=1S/C25H21N3O6S/c1-16-13-17(2)15-19(14-16)25(29)34-24-23(18(3)26-27(24)20-7-5-4-6-8-20)35(32,33)22-11-9-21(10-12-22)28(30)31/h4-15H,1-3H3. The van der Waals surface area contributed by atoms with Crippen LogP contribution in [-0.4, -0.2) is 29.1 Å². The number of sulfone groups is 1. The summed E-state index contributed by atoms with van der Waals surface area (Å²) in [5.74, 6) is -1.01. The van der Waals surface area contributed by atoms with Crippen LogP contribution < -0.4 is 4.74 Å². The van der Waals surface area contributed by atoms with Crippen LogP contribution in [0.15, 0.2) is 82.6 Å². The fourth-order valence-electron chi connectivity index (χ4n) is 3.74. The molecule has 35 heavy (non-hydrogen) atoms. The van der Waals surface area contributed by atoms with Crippen molar-refractivity contribution < 1.29 is 22.9 Å². The third-order valence-electron chi connectivity index (χ3n) is 5.24. The first-order valence-corrected chi connectivity index (χ1v) is 12.0. The maximum absolute atomic E-state index is 13.6. The molecular formula is C25H21N3O6S. The normalized spacial score (nSPS) is 11.3. The smallest absolute Gasteiger partial charge is 0.344 e. The van der Waals surface area contributed by atoms with Crippen LogP contribution in [0, 0.1) is 30.9 Å². The van der Waals surface area contributed by atoms with Crippen LogP contribution in [0.5, 0.6) is 5.88 Å². The van der Waals surface area contributed by atoms with Gasteiger partial charge in [0.25, 0.3) is 5.69 Å². The Morgan fingerprint density at radius 3 is 2.11 bits per heavy atom. The van der Waals surface area contributed by atoms with Crippen LogP contribution in [0.2, 0.25) is 0 Å². The van der Waals surface area contributed by atoms with Crippen molar-refractivity contribution in [3.63, 3.8) is 0 Å². The van der Waals surface area contributed by atoms with Gasteiger partial charge in [-0.2, -0.15) is 9.78 Å². The minimum atomic E-state index is -4.26. The van der Waals surface area contributed by atoms with E-state index < -0.39 is 20.7 Å². The lowest BCUT2D eigenvalue weighted by Gasteiger charge is -2.11. The highest BCUT2D eigenvalue weighted by atomic mass is 32.2. The maximum Gasteiger partial charge on any atom is 0.344 e. The first-order valence-electron chi connectivity index (χ1n) is 10.5. The second-order valence-corrected chi connectivity index (χ2v) is 9.87. The molecule has 0 aliphatic carbocycles. The molecule has 0 atom stereocenters. The predicted molar refractivity (Wildman–Crippen MR) is 128 cm³/mol. The van der Waals surface area contributed by atoms with E-state index in [0.717, 1.165) is 35.4 Å². The van der Waals surface area contributed by atoms with Gasteiger partial charge < -0.3 is 4.74 Å². The lowest BCUT2D eigenvalue weighted by molar-refractivity contribution is -0.384.